The van der Waals surface area contributed by atoms with Crippen molar-refractivity contribution in [1.29, 1.82) is 0 Å². The zero-order chi connectivity index (χ0) is 16.4. The Morgan fingerprint density at radius 2 is 1.86 bits per heavy atom. The quantitative estimate of drug-likeness (QED) is 0.798. The summed E-state index contributed by atoms with van der Waals surface area (Å²) in [4.78, 5) is 24.0. The van der Waals surface area contributed by atoms with E-state index in [4.69, 9.17) is 27.9 Å². The Bertz CT molecular complexity index is 783. The van der Waals surface area contributed by atoms with Crippen molar-refractivity contribution in [1.82, 2.24) is 4.57 Å². The summed E-state index contributed by atoms with van der Waals surface area (Å²) in [6, 6.07) is 6.27. The molecule has 0 bridgehead atoms. The van der Waals surface area contributed by atoms with Crippen LogP contribution in [0.15, 0.2) is 35.3 Å². The average Bonchev–Trinajstić information content (AvgIpc) is 2.51. The minimum absolute atomic E-state index is 0.140. The SMILES string of the molecule is COc1ccc(C(C)C(=O)c2ccc(=O)n(C)c2)c(Cl)c1Cl. The van der Waals surface area contributed by atoms with E-state index in [1.165, 1.54) is 30.0 Å². The first-order valence-corrected chi connectivity index (χ1v) is 7.35. The number of hydrogen-bond acceptors (Lipinski definition) is 3. The molecule has 0 aliphatic rings. The van der Waals surface area contributed by atoms with Crippen LogP contribution in [0.3, 0.4) is 0 Å². The van der Waals surface area contributed by atoms with Crippen molar-refractivity contribution >= 4 is 29.0 Å². The van der Waals surface area contributed by atoms with Crippen molar-refractivity contribution in [2.45, 2.75) is 12.8 Å². The molecule has 0 radical (unpaired) electrons. The highest BCUT2D eigenvalue weighted by atomic mass is 35.5. The highest BCUT2D eigenvalue weighted by Gasteiger charge is 2.22. The molecular weight excluding hydrogens is 325 g/mol. The smallest absolute Gasteiger partial charge is 0.250 e. The third-order valence-electron chi connectivity index (χ3n) is 3.53. The summed E-state index contributed by atoms with van der Waals surface area (Å²) < 4.78 is 6.46. The number of aryl methyl sites for hydroxylation is 1. The predicted octanol–water partition coefficient (Wildman–Crippen LogP) is 3.69. The van der Waals surface area contributed by atoms with Gasteiger partial charge in [-0.3, -0.25) is 9.59 Å². The van der Waals surface area contributed by atoms with Crippen LogP contribution in [0.2, 0.25) is 10.0 Å². The van der Waals surface area contributed by atoms with E-state index in [-0.39, 0.29) is 16.4 Å². The minimum atomic E-state index is -0.492. The fourth-order valence-electron chi connectivity index (χ4n) is 2.17. The lowest BCUT2D eigenvalue weighted by Gasteiger charge is -2.15. The zero-order valence-electron chi connectivity index (χ0n) is 12.4. The molecule has 4 nitrogen and oxygen atoms in total. The molecule has 1 aromatic carbocycles. The van der Waals surface area contributed by atoms with Crippen molar-refractivity contribution < 1.29 is 9.53 Å². The summed E-state index contributed by atoms with van der Waals surface area (Å²) in [7, 11) is 3.09. The summed E-state index contributed by atoms with van der Waals surface area (Å²) in [6.45, 7) is 1.75. The molecule has 0 fully saturated rings. The van der Waals surface area contributed by atoms with Gasteiger partial charge in [0.05, 0.1) is 12.1 Å². The van der Waals surface area contributed by atoms with Crippen LogP contribution in [-0.2, 0) is 7.05 Å². The van der Waals surface area contributed by atoms with E-state index in [0.29, 0.717) is 21.9 Å². The number of halogens is 2. The van der Waals surface area contributed by atoms with Gasteiger partial charge in [-0.2, -0.15) is 0 Å². The van der Waals surface area contributed by atoms with E-state index in [0.717, 1.165) is 0 Å². The summed E-state index contributed by atoms with van der Waals surface area (Å²) in [5.74, 6) is -0.177. The van der Waals surface area contributed by atoms with Crippen LogP contribution in [0.1, 0.15) is 28.8 Å². The number of benzene rings is 1. The Labute approximate surface area is 138 Å². The average molecular weight is 340 g/mol. The fraction of sp³-hybridized carbons (Fsp3) is 0.250. The lowest BCUT2D eigenvalue weighted by Crippen LogP contribution is -2.18. The number of ether oxygens (including phenoxy) is 1. The minimum Gasteiger partial charge on any atom is -0.495 e. The Kier molecular flexibility index (Phi) is 4.94. The van der Waals surface area contributed by atoms with Crippen LogP contribution in [0.25, 0.3) is 0 Å². The van der Waals surface area contributed by atoms with Crippen molar-refractivity contribution in [3.63, 3.8) is 0 Å². The fourth-order valence-corrected chi connectivity index (χ4v) is 2.74. The topological polar surface area (TPSA) is 48.3 Å². The van der Waals surface area contributed by atoms with Gasteiger partial charge in [-0.15, -0.1) is 0 Å². The van der Waals surface area contributed by atoms with Crippen molar-refractivity contribution in [3.8, 4) is 5.75 Å². The molecule has 2 aromatic rings. The molecule has 0 saturated heterocycles. The second-order valence-electron chi connectivity index (χ2n) is 4.94. The highest BCUT2D eigenvalue weighted by Crippen LogP contribution is 2.38. The molecule has 116 valence electrons. The molecule has 1 heterocycles. The summed E-state index contributed by atoms with van der Waals surface area (Å²) in [5.41, 5.74) is 0.888. The number of aromatic nitrogens is 1. The van der Waals surface area contributed by atoms with Gasteiger partial charge in [0.15, 0.2) is 5.78 Å². The summed E-state index contributed by atoms with van der Waals surface area (Å²) in [6.07, 6.45) is 1.51. The van der Waals surface area contributed by atoms with E-state index >= 15 is 0 Å². The maximum absolute atomic E-state index is 12.6. The number of pyridine rings is 1. The van der Waals surface area contributed by atoms with Gasteiger partial charge in [0, 0.05) is 30.8 Å². The van der Waals surface area contributed by atoms with E-state index in [9.17, 15) is 9.59 Å². The summed E-state index contributed by atoms with van der Waals surface area (Å²) >= 11 is 12.4. The monoisotopic (exact) mass is 339 g/mol. The van der Waals surface area contributed by atoms with Crippen LogP contribution >= 0.6 is 23.2 Å². The number of ketones is 1. The van der Waals surface area contributed by atoms with E-state index in [1.807, 2.05) is 0 Å². The van der Waals surface area contributed by atoms with Gasteiger partial charge in [-0.05, 0) is 17.7 Å². The van der Waals surface area contributed by atoms with Gasteiger partial charge in [0.1, 0.15) is 10.8 Å². The Morgan fingerprint density at radius 3 is 2.45 bits per heavy atom. The van der Waals surface area contributed by atoms with E-state index in [1.54, 1.807) is 26.1 Å². The lowest BCUT2D eigenvalue weighted by atomic mass is 9.93. The maximum Gasteiger partial charge on any atom is 0.250 e. The number of carbonyl (C=O) groups is 1. The van der Waals surface area contributed by atoms with Gasteiger partial charge >= 0.3 is 0 Å². The summed E-state index contributed by atoms with van der Waals surface area (Å²) in [5, 5.41) is 0.577. The molecule has 0 saturated carbocycles. The van der Waals surface area contributed by atoms with Crippen LogP contribution < -0.4 is 10.3 Å². The van der Waals surface area contributed by atoms with E-state index in [2.05, 4.69) is 0 Å². The van der Waals surface area contributed by atoms with Crippen LogP contribution in [-0.4, -0.2) is 17.5 Å². The molecule has 22 heavy (non-hydrogen) atoms. The number of rotatable bonds is 4. The maximum atomic E-state index is 12.6. The first-order valence-electron chi connectivity index (χ1n) is 6.59. The van der Waals surface area contributed by atoms with Gasteiger partial charge < -0.3 is 9.30 Å². The first kappa shape index (κ1) is 16.6. The molecule has 0 aliphatic heterocycles. The van der Waals surface area contributed by atoms with Crippen LogP contribution in [0.5, 0.6) is 5.75 Å². The predicted molar refractivity (Wildman–Crippen MR) is 87.4 cm³/mol. The number of methoxy groups -OCH3 is 1. The standard InChI is InChI=1S/C16H15Cl2NO3/c1-9(11-5-6-12(22-3)15(18)14(11)17)16(21)10-4-7-13(20)19(2)8-10/h4-9H,1-3H3. The molecule has 2 rings (SSSR count). The second-order valence-corrected chi connectivity index (χ2v) is 5.69. The molecule has 0 N–H and O–H groups in total. The number of hydrogen-bond donors (Lipinski definition) is 0. The molecule has 1 atom stereocenters. The largest absolute Gasteiger partial charge is 0.495 e. The van der Waals surface area contributed by atoms with Crippen LogP contribution in [0, 0.1) is 0 Å². The molecule has 1 aromatic heterocycles. The van der Waals surface area contributed by atoms with Gasteiger partial charge in [0.2, 0.25) is 5.56 Å². The molecule has 0 spiro atoms. The Balaban J connectivity index is 2.41. The number of carbonyl (C=O) groups excluding carboxylic acids is 1. The van der Waals surface area contributed by atoms with Gasteiger partial charge in [-0.1, -0.05) is 36.2 Å². The second kappa shape index (κ2) is 6.55. The molecule has 0 amide bonds. The first-order chi connectivity index (χ1) is 10.4. The van der Waals surface area contributed by atoms with Crippen molar-refractivity contribution in [3.05, 3.63) is 62.0 Å². The van der Waals surface area contributed by atoms with Gasteiger partial charge in [0.25, 0.3) is 0 Å². The number of Topliss-reactive ketones (excluding diaryl/α,β-unsaturated/α-hetero) is 1. The lowest BCUT2D eigenvalue weighted by molar-refractivity contribution is 0.0965. The zero-order valence-corrected chi connectivity index (χ0v) is 13.9. The molecular formula is C16H15Cl2NO3. The molecule has 6 heteroatoms. The molecule has 0 aliphatic carbocycles. The Morgan fingerprint density at radius 1 is 1.18 bits per heavy atom. The Hall–Kier alpha value is -1.78. The van der Waals surface area contributed by atoms with E-state index < -0.39 is 5.92 Å². The normalized spacial score (nSPS) is 12.0. The van der Waals surface area contributed by atoms with Gasteiger partial charge in [-0.25, -0.2) is 0 Å². The third kappa shape index (κ3) is 3.03. The van der Waals surface area contributed by atoms with Crippen molar-refractivity contribution in [2.75, 3.05) is 7.11 Å². The highest BCUT2D eigenvalue weighted by molar-refractivity contribution is 6.43. The van der Waals surface area contributed by atoms with Crippen molar-refractivity contribution in [2.24, 2.45) is 7.05 Å². The van der Waals surface area contributed by atoms with Crippen LogP contribution in [0.4, 0.5) is 0 Å². The third-order valence-corrected chi connectivity index (χ3v) is 4.41. The number of nitrogens with zero attached hydrogens (tertiary/aromatic N) is 1. The molecule has 1 unspecified atom stereocenters.